The van der Waals surface area contributed by atoms with E-state index in [2.05, 4.69) is 10.4 Å². The molecular weight excluding hydrogens is 308 g/mol. The van der Waals surface area contributed by atoms with Crippen LogP contribution < -0.4 is 5.32 Å². The maximum atomic E-state index is 13.6. The number of aromatic nitrogens is 2. The zero-order valence-corrected chi connectivity index (χ0v) is 13.7. The molecule has 1 heterocycles. The Morgan fingerprint density at radius 3 is 2.38 bits per heavy atom. The van der Waals surface area contributed by atoms with Gasteiger partial charge in [0.1, 0.15) is 11.6 Å². The molecule has 3 rings (SSSR count). The summed E-state index contributed by atoms with van der Waals surface area (Å²) in [4.78, 5) is 0. The van der Waals surface area contributed by atoms with Gasteiger partial charge in [-0.25, -0.2) is 13.5 Å². The molecule has 0 bridgehead atoms. The van der Waals surface area contributed by atoms with Crippen LogP contribution in [-0.2, 0) is 13.1 Å². The first kappa shape index (κ1) is 16.3. The van der Waals surface area contributed by atoms with Gasteiger partial charge in [-0.3, -0.25) is 0 Å². The lowest BCUT2D eigenvalue weighted by atomic mass is 10.1. The third kappa shape index (κ3) is 3.36. The summed E-state index contributed by atoms with van der Waals surface area (Å²) in [6.07, 6.45) is 0. The lowest BCUT2D eigenvalue weighted by Crippen LogP contribution is -2.14. The predicted octanol–water partition coefficient (Wildman–Crippen LogP) is 4.06. The van der Waals surface area contributed by atoms with Crippen LogP contribution in [0.25, 0.3) is 5.69 Å². The molecule has 3 nitrogen and oxygen atoms in total. The van der Waals surface area contributed by atoms with Gasteiger partial charge in [0.05, 0.1) is 11.4 Å². The predicted molar refractivity (Wildman–Crippen MR) is 89.9 cm³/mol. The van der Waals surface area contributed by atoms with Crippen molar-refractivity contribution in [3.63, 3.8) is 0 Å². The van der Waals surface area contributed by atoms with Crippen LogP contribution in [0.1, 0.15) is 22.5 Å². The van der Waals surface area contributed by atoms with Crippen molar-refractivity contribution in [3.8, 4) is 5.69 Å². The Hall–Kier alpha value is -2.53. The number of nitrogens with one attached hydrogen (secondary N) is 1. The number of benzene rings is 2. The normalized spacial score (nSPS) is 11.0. The standard InChI is InChI=1S/C19H19F2N3/c1-13-18(12-22-11-15-5-3-4-6-19(15)21)14(2)24(23-13)17-9-7-16(20)8-10-17/h3-10,22H,11-12H2,1-2H3. The Morgan fingerprint density at radius 2 is 1.67 bits per heavy atom. The summed E-state index contributed by atoms with van der Waals surface area (Å²) in [5.74, 6) is -0.479. The lowest BCUT2D eigenvalue weighted by Gasteiger charge is -2.08. The lowest BCUT2D eigenvalue weighted by molar-refractivity contribution is 0.587. The van der Waals surface area contributed by atoms with Crippen molar-refractivity contribution in [2.45, 2.75) is 26.9 Å². The van der Waals surface area contributed by atoms with Crippen LogP contribution in [0.2, 0.25) is 0 Å². The van der Waals surface area contributed by atoms with E-state index in [9.17, 15) is 8.78 Å². The molecule has 124 valence electrons. The van der Waals surface area contributed by atoms with E-state index in [0.717, 1.165) is 22.6 Å². The van der Waals surface area contributed by atoms with E-state index in [0.29, 0.717) is 18.7 Å². The van der Waals surface area contributed by atoms with Crippen LogP contribution in [0.5, 0.6) is 0 Å². The van der Waals surface area contributed by atoms with Crippen LogP contribution in [0, 0.1) is 25.5 Å². The molecule has 0 fully saturated rings. The fourth-order valence-corrected chi connectivity index (χ4v) is 2.73. The second kappa shape index (κ2) is 6.93. The summed E-state index contributed by atoms with van der Waals surface area (Å²) >= 11 is 0. The molecule has 3 aromatic rings. The van der Waals surface area contributed by atoms with Gasteiger partial charge in [0.2, 0.25) is 0 Å². The topological polar surface area (TPSA) is 29.9 Å². The number of hydrogen-bond donors (Lipinski definition) is 1. The Kier molecular flexibility index (Phi) is 4.71. The third-order valence-corrected chi connectivity index (χ3v) is 4.09. The molecule has 0 aliphatic rings. The summed E-state index contributed by atoms with van der Waals surface area (Å²) in [6.45, 7) is 4.96. The quantitative estimate of drug-likeness (QED) is 0.766. The van der Waals surface area contributed by atoms with E-state index < -0.39 is 0 Å². The summed E-state index contributed by atoms with van der Waals surface area (Å²) < 4.78 is 28.5. The maximum Gasteiger partial charge on any atom is 0.127 e. The maximum absolute atomic E-state index is 13.6. The monoisotopic (exact) mass is 327 g/mol. The first-order valence-corrected chi connectivity index (χ1v) is 7.81. The van der Waals surface area contributed by atoms with Crippen molar-refractivity contribution in [2.75, 3.05) is 0 Å². The van der Waals surface area contributed by atoms with Crippen molar-refractivity contribution < 1.29 is 8.78 Å². The summed E-state index contributed by atoms with van der Waals surface area (Å²) in [6, 6.07) is 13.0. The smallest absolute Gasteiger partial charge is 0.127 e. The molecule has 0 saturated heterocycles. The van der Waals surface area contributed by atoms with E-state index >= 15 is 0 Å². The van der Waals surface area contributed by atoms with Crippen molar-refractivity contribution in [1.82, 2.24) is 15.1 Å². The molecule has 0 aliphatic heterocycles. The molecule has 5 heteroatoms. The highest BCUT2D eigenvalue weighted by atomic mass is 19.1. The van der Waals surface area contributed by atoms with Gasteiger partial charge in [-0.05, 0) is 44.2 Å². The van der Waals surface area contributed by atoms with Gasteiger partial charge in [0.25, 0.3) is 0 Å². The average Bonchev–Trinajstić information content (AvgIpc) is 2.85. The van der Waals surface area contributed by atoms with Gasteiger partial charge in [-0.15, -0.1) is 0 Å². The van der Waals surface area contributed by atoms with Gasteiger partial charge in [-0.2, -0.15) is 5.10 Å². The van der Waals surface area contributed by atoms with Crippen LogP contribution in [0.3, 0.4) is 0 Å². The minimum Gasteiger partial charge on any atom is -0.308 e. The number of halogens is 2. The molecule has 0 radical (unpaired) electrons. The highest BCUT2D eigenvalue weighted by Crippen LogP contribution is 2.18. The summed E-state index contributed by atoms with van der Waals surface area (Å²) in [5.41, 5.74) is 4.41. The van der Waals surface area contributed by atoms with Crippen molar-refractivity contribution in [3.05, 3.63) is 82.7 Å². The molecular formula is C19H19F2N3. The number of nitrogens with zero attached hydrogens (tertiary/aromatic N) is 2. The van der Waals surface area contributed by atoms with Crippen LogP contribution >= 0.6 is 0 Å². The van der Waals surface area contributed by atoms with E-state index in [1.54, 1.807) is 28.9 Å². The molecule has 1 N–H and O–H groups in total. The SMILES string of the molecule is Cc1nn(-c2ccc(F)cc2)c(C)c1CNCc1ccccc1F. The number of hydrogen-bond acceptors (Lipinski definition) is 2. The van der Waals surface area contributed by atoms with Crippen molar-refractivity contribution >= 4 is 0 Å². The third-order valence-electron chi connectivity index (χ3n) is 4.09. The molecule has 0 spiro atoms. The first-order valence-electron chi connectivity index (χ1n) is 7.81. The fourth-order valence-electron chi connectivity index (χ4n) is 2.73. The highest BCUT2D eigenvalue weighted by Gasteiger charge is 2.12. The average molecular weight is 327 g/mol. The molecule has 24 heavy (non-hydrogen) atoms. The van der Waals surface area contributed by atoms with Gasteiger partial charge >= 0.3 is 0 Å². The van der Waals surface area contributed by atoms with Gasteiger partial charge in [0.15, 0.2) is 0 Å². The van der Waals surface area contributed by atoms with Gasteiger partial charge < -0.3 is 5.32 Å². The van der Waals surface area contributed by atoms with Crippen molar-refractivity contribution in [2.24, 2.45) is 0 Å². The number of rotatable bonds is 5. The Labute approximate surface area is 139 Å². The minimum absolute atomic E-state index is 0.208. The largest absolute Gasteiger partial charge is 0.308 e. The summed E-state index contributed by atoms with van der Waals surface area (Å²) in [5, 5.41) is 7.79. The van der Waals surface area contributed by atoms with Crippen LogP contribution in [0.4, 0.5) is 8.78 Å². The Bertz CT molecular complexity index is 838. The van der Waals surface area contributed by atoms with Crippen LogP contribution in [0.15, 0.2) is 48.5 Å². The van der Waals surface area contributed by atoms with E-state index in [4.69, 9.17) is 0 Å². The molecule has 0 atom stereocenters. The van der Waals surface area contributed by atoms with E-state index in [1.807, 2.05) is 19.9 Å². The molecule has 1 aromatic heterocycles. The van der Waals surface area contributed by atoms with Gasteiger partial charge in [-0.1, -0.05) is 18.2 Å². The molecule has 0 amide bonds. The highest BCUT2D eigenvalue weighted by molar-refractivity contribution is 5.37. The van der Waals surface area contributed by atoms with E-state index in [1.165, 1.54) is 18.2 Å². The second-order valence-electron chi connectivity index (χ2n) is 5.73. The molecule has 0 aliphatic carbocycles. The fraction of sp³-hybridized carbons (Fsp3) is 0.211. The zero-order chi connectivity index (χ0) is 17.1. The van der Waals surface area contributed by atoms with Gasteiger partial charge in [0, 0.05) is 29.9 Å². The molecule has 2 aromatic carbocycles. The molecule has 0 unspecified atom stereocenters. The van der Waals surface area contributed by atoms with Crippen molar-refractivity contribution in [1.29, 1.82) is 0 Å². The Morgan fingerprint density at radius 1 is 0.958 bits per heavy atom. The summed E-state index contributed by atoms with van der Waals surface area (Å²) in [7, 11) is 0. The van der Waals surface area contributed by atoms with E-state index in [-0.39, 0.29) is 11.6 Å². The number of aryl methyl sites for hydroxylation is 1. The molecule has 0 saturated carbocycles. The van der Waals surface area contributed by atoms with Crippen LogP contribution in [-0.4, -0.2) is 9.78 Å². The second-order valence-corrected chi connectivity index (χ2v) is 5.73. The Balaban J connectivity index is 1.75. The first-order chi connectivity index (χ1) is 11.6. The zero-order valence-electron chi connectivity index (χ0n) is 13.7. The minimum atomic E-state index is -0.271.